The van der Waals surface area contributed by atoms with Crippen molar-refractivity contribution in [1.29, 1.82) is 0 Å². The summed E-state index contributed by atoms with van der Waals surface area (Å²) in [5, 5.41) is 11.6. The van der Waals surface area contributed by atoms with Gasteiger partial charge in [0, 0.05) is 11.3 Å². The van der Waals surface area contributed by atoms with E-state index in [0.717, 1.165) is 17.0 Å². The molecule has 0 aliphatic carbocycles. The van der Waals surface area contributed by atoms with Crippen LogP contribution in [0, 0.1) is 0 Å². The van der Waals surface area contributed by atoms with Crippen molar-refractivity contribution in [2.24, 2.45) is 0 Å². The summed E-state index contributed by atoms with van der Waals surface area (Å²) < 4.78 is 10.9. The van der Waals surface area contributed by atoms with Crippen LogP contribution in [0.5, 0.6) is 5.75 Å². The molecule has 0 saturated carbocycles. The average molecular weight is 295 g/mol. The van der Waals surface area contributed by atoms with Crippen molar-refractivity contribution < 1.29 is 9.15 Å². The smallest absolute Gasteiger partial charge is 0.247 e. The molecule has 0 fully saturated rings. The van der Waals surface area contributed by atoms with Gasteiger partial charge >= 0.3 is 0 Å². The molecule has 0 amide bonds. The van der Waals surface area contributed by atoms with Crippen LogP contribution in [-0.2, 0) is 0 Å². The molecule has 0 spiro atoms. The zero-order valence-electron chi connectivity index (χ0n) is 12.5. The fraction of sp³-hybridized carbons (Fsp3) is 0.176. The standard InChI is InChI=1S/C17H17N3O2/c1-12(18-14-6-4-3-5-7-14)16-19-20-17(22-16)13-8-10-15(21-2)11-9-13/h3-12,18H,1-2H3/t12-/m0/s1. The van der Waals surface area contributed by atoms with E-state index in [0.29, 0.717) is 11.8 Å². The summed E-state index contributed by atoms with van der Waals surface area (Å²) in [5.41, 5.74) is 1.88. The Kier molecular flexibility index (Phi) is 4.05. The Morgan fingerprint density at radius 1 is 1.00 bits per heavy atom. The van der Waals surface area contributed by atoms with Gasteiger partial charge in [0.1, 0.15) is 11.8 Å². The van der Waals surface area contributed by atoms with Gasteiger partial charge in [-0.1, -0.05) is 18.2 Å². The van der Waals surface area contributed by atoms with Crippen LogP contribution in [0.15, 0.2) is 59.0 Å². The number of para-hydroxylation sites is 1. The van der Waals surface area contributed by atoms with Gasteiger partial charge in [-0.05, 0) is 43.3 Å². The fourth-order valence-corrected chi connectivity index (χ4v) is 2.11. The predicted molar refractivity (Wildman–Crippen MR) is 84.8 cm³/mol. The number of hydrogen-bond donors (Lipinski definition) is 1. The van der Waals surface area contributed by atoms with Crippen LogP contribution in [0.3, 0.4) is 0 Å². The monoisotopic (exact) mass is 295 g/mol. The van der Waals surface area contributed by atoms with E-state index in [1.54, 1.807) is 7.11 Å². The van der Waals surface area contributed by atoms with Gasteiger partial charge in [-0.15, -0.1) is 10.2 Å². The SMILES string of the molecule is COc1ccc(-c2nnc([C@H](C)Nc3ccccc3)o2)cc1. The number of aromatic nitrogens is 2. The van der Waals surface area contributed by atoms with Gasteiger partial charge in [0.05, 0.1) is 7.11 Å². The molecule has 1 N–H and O–H groups in total. The molecule has 1 heterocycles. The van der Waals surface area contributed by atoms with Crippen LogP contribution < -0.4 is 10.1 Å². The molecule has 112 valence electrons. The van der Waals surface area contributed by atoms with Crippen LogP contribution >= 0.6 is 0 Å². The third kappa shape index (κ3) is 3.09. The molecule has 3 aromatic rings. The third-order valence-electron chi connectivity index (χ3n) is 3.30. The summed E-state index contributed by atoms with van der Waals surface area (Å²) >= 11 is 0. The maximum atomic E-state index is 5.75. The van der Waals surface area contributed by atoms with E-state index in [4.69, 9.17) is 9.15 Å². The van der Waals surface area contributed by atoms with Crippen LogP contribution in [0.25, 0.3) is 11.5 Å². The van der Waals surface area contributed by atoms with E-state index in [-0.39, 0.29) is 6.04 Å². The zero-order chi connectivity index (χ0) is 15.4. The van der Waals surface area contributed by atoms with Crippen molar-refractivity contribution in [3.63, 3.8) is 0 Å². The molecular formula is C17H17N3O2. The molecule has 0 aliphatic heterocycles. The molecule has 2 aromatic carbocycles. The maximum Gasteiger partial charge on any atom is 0.247 e. The summed E-state index contributed by atoms with van der Waals surface area (Å²) in [4.78, 5) is 0. The highest BCUT2D eigenvalue weighted by Gasteiger charge is 2.14. The van der Waals surface area contributed by atoms with Crippen LogP contribution in [0.2, 0.25) is 0 Å². The van der Waals surface area contributed by atoms with Gasteiger partial charge in [-0.2, -0.15) is 0 Å². The molecule has 0 radical (unpaired) electrons. The number of nitrogens with one attached hydrogen (secondary N) is 1. The Labute approximate surface area is 129 Å². The topological polar surface area (TPSA) is 60.2 Å². The molecule has 1 atom stereocenters. The van der Waals surface area contributed by atoms with E-state index in [9.17, 15) is 0 Å². The quantitative estimate of drug-likeness (QED) is 0.773. The lowest BCUT2D eigenvalue weighted by atomic mass is 10.2. The second-order valence-electron chi connectivity index (χ2n) is 4.91. The van der Waals surface area contributed by atoms with Gasteiger partial charge < -0.3 is 14.5 Å². The summed E-state index contributed by atoms with van der Waals surface area (Å²) in [6.07, 6.45) is 0. The van der Waals surface area contributed by atoms with Crippen molar-refractivity contribution in [2.75, 3.05) is 12.4 Å². The number of hydrogen-bond acceptors (Lipinski definition) is 5. The van der Waals surface area contributed by atoms with E-state index < -0.39 is 0 Å². The highest BCUT2D eigenvalue weighted by molar-refractivity contribution is 5.54. The Balaban J connectivity index is 1.75. The Morgan fingerprint density at radius 2 is 1.73 bits per heavy atom. The molecule has 0 bridgehead atoms. The second kappa shape index (κ2) is 6.30. The number of rotatable bonds is 5. The van der Waals surface area contributed by atoms with Crippen molar-refractivity contribution in [3.8, 4) is 17.2 Å². The minimum Gasteiger partial charge on any atom is -0.497 e. The average Bonchev–Trinajstić information content (AvgIpc) is 3.06. The summed E-state index contributed by atoms with van der Waals surface area (Å²) in [6, 6.07) is 17.4. The van der Waals surface area contributed by atoms with Gasteiger partial charge in [0.25, 0.3) is 0 Å². The third-order valence-corrected chi connectivity index (χ3v) is 3.30. The second-order valence-corrected chi connectivity index (χ2v) is 4.91. The normalized spacial score (nSPS) is 11.9. The number of benzene rings is 2. The molecule has 3 rings (SSSR count). The number of nitrogens with zero attached hydrogens (tertiary/aromatic N) is 2. The maximum absolute atomic E-state index is 5.75. The zero-order valence-corrected chi connectivity index (χ0v) is 12.5. The fourth-order valence-electron chi connectivity index (χ4n) is 2.11. The first-order valence-electron chi connectivity index (χ1n) is 7.05. The molecule has 22 heavy (non-hydrogen) atoms. The molecule has 0 saturated heterocycles. The van der Waals surface area contributed by atoms with Crippen molar-refractivity contribution in [3.05, 3.63) is 60.5 Å². The van der Waals surface area contributed by atoms with Gasteiger partial charge in [0.15, 0.2) is 0 Å². The molecule has 1 aromatic heterocycles. The lowest BCUT2D eigenvalue weighted by Crippen LogP contribution is -2.06. The van der Waals surface area contributed by atoms with Crippen LogP contribution in [0.1, 0.15) is 18.9 Å². The summed E-state index contributed by atoms with van der Waals surface area (Å²) in [6.45, 7) is 1.98. The first-order chi connectivity index (χ1) is 10.8. The minimum absolute atomic E-state index is 0.0677. The Morgan fingerprint density at radius 3 is 2.41 bits per heavy atom. The highest BCUT2D eigenvalue weighted by Crippen LogP contribution is 2.24. The first kappa shape index (κ1) is 14.1. The van der Waals surface area contributed by atoms with Crippen molar-refractivity contribution >= 4 is 5.69 Å². The van der Waals surface area contributed by atoms with E-state index in [1.165, 1.54) is 0 Å². The van der Waals surface area contributed by atoms with E-state index in [1.807, 2.05) is 61.5 Å². The largest absolute Gasteiger partial charge is 0.497 e. The summed E-state index contributed by atoms with van der Waals surface area (Å²) in [5.74, 6) is 1.84. The van der Waals surface area contributed by atoms with E-state index in [2.05, 4.69) is 15.5 Å². The number of ether oxygens (including phenoxy) is 1. The number of methoxy groups -OCH3 is 1. The first-order valence-corrected chi connectivity index (χ1v) is 7.05. The predicted octanol–water partition coefficient (Wildman–Crippen LogP) is 3.92. The van der Waals surface area contributed by atoms with Gasteiger partial charge in [-0.3, -0.25) is 0 Å². The molecule has 5 heteroatoms. The van der Waals surface area contributed by atoms with Gasteiger partial charge in [0.2, 0.25) is 11.8 Å². The molecular weight excluding hydrogens is 278 g/mol. The molecule has 5 nitrogen and oxygen atoms in total. The highest BCUT2D eigenvalue weighted by atomic mass is 16.5. The Hall–Kier alpha value is -2.82. The minimum atomic E-state index is -0.0677. The summed E-state index contributed by atoms with van der Waals surface area (Å²) in [7, 11) is 1.64. The van der Waals surface area contributed by atoms with Crippen molar-refractivity contribution in [1.82, 2.24) is 10.2 Å². The lowest BCUT2D eigenvalue weighted by Gasteiger charge is -2.10. The lowest BCUT2D eigenvalue weighted by molar-refractivity contribution is 0.415. The number of anilines is 1. The van der Waals surface area contributed by atoms with Crippen molar-refractivity contribution in [2.45, 2.75) is 13.0 Å². The molecule has 0 aliphatic rings. The van der Waals surface area contributed by atoms with Crippen LogP contribution in [-0.4, -0.2) is 17.3 Å². The van der Waals surface area contributed by atoms with Gasteiger partial charge in [-0.25, -0.2) is 0 Å². The Bertz CT molecular complexity index is 723. The van der Waals surface area contributed by atoms with Crippen LogP contribution in [0.4, 0.5) is 5.69 Å². The molecule has 0 unspecified atom stereocenters. The van der Waals surface area contributed by atoms with E-state index >= 15 is 0 Å².